The Balaban J connectivity index is 2.91. The molecular weight excluding hydrogens is 242 g/mol. The Morgan fingerprint density at radius 1 is 1.32 bits per heavy atom. The van der Waals surface area contributed by atoms with Crippen LogP contribution in [0.4, 0.5) is 0 Å². The van der Waals surface area contributed by atoms with Gasteiger partial charge >= 0.3 is 0 Å². The number of ether oxygens (including phenoxy) is 2. The molecule has 108 valence electrons. The van der Waals surface area contributed by atoms with Crippen LogP contribution in [0.25, 0.3) is 0 Å². The summed E-state index contributed by atoms with van der Waals surface area (Å²) < 4.78 is 11.0. The highest BCUT2D eigenvalue weighted by atomic mass is 16.5. The SMILES string of the molecule is CCC(O)(CC)COc1cc(OC)ccc1[C@@H](C)N. The van der Waals surface area contributed by atoms with Crippen LogP contribution in [0, 0.1) is 0 Å². The third-order valence-electron chi connectivity index (χ3n) is 3.52. The van der Waals surface area contributed by atoms with Crippen molar-refractivity contribution >= 4 is 0 Å². The fourth-order valence-electron chi connectivity index (χ4n) is 1.81. The van der Waals surface area contributed by atoms with Crippen molar-refractivity contribution < 1.29 is 14.6 Å². The maximum atomic E-state index is 10.3. The number of hydrogen-bond donors (Lipinski definition) is 2. The molecule has 1 aromatic carbocycles. The molecular formula is C15H25NO3. The standard InChI is InChI=1S/C15H25NO3/c1-5-15(17,6-2)10-19-14-9-12(18-4)7-8-13(14)11(3)16/h7-9,11,17H,5-6,10,16H2,1-4H3/t11-/m1/s1. The summed E-state index contributed by atoms with van der Waals surface area (Å²) in [6, 6.07) is 5.44. The van der Waals surface area contributed by atoms with E-state index in [-0.39, 0.29) is 12.6 Å². The van der Waals surface area contributed by atoms with Gasteiger partial charge in [-0.15, -0.1) is 0 Å². The molecule has 0 saturated heterocycles. The summed E-state index contributed by atoms with van der Waals surface area (Å²) in [6.45, 7) is 6.06. The van der Waals surface area contributed by atoms with Gasteiger partial charge in [-0.25, -0.2) is 0 Å². The normalized spacial score (nSPS) is 13.2. The van der Waals surface area contributed by atoms with Crippen molar-refractivity contribution in [2.75, 3.05) is 13.7 Å². The Morgan fingerprint density at radius 2 is 1.95 bits per heavy atom. The van der Waals surface area contributed by atoms with Crippen molar-refractivity contribution in [1.82, 2.24) is 0 Å². The maximum Gasteiger partial charge on any atom is 0.127 e. The van der Waals surface area contributed by atoms with E-state index in [9.17, 15) is 5.11 Å². The zero-order valence-electron chi connectivity index (χ0n) is 12.3. The minimum Gasteiger partial charge on any atom is -0.497 e. The van der Waals surface area contributed by atoms with Crippen LogP contribution in [0.2, 0.25) is 0 Å². The summed E-state index contributed by atoms with van der Waals surface area (Å²) in [6.07, 6.45) is 1.31. The van der Waals surface area contributed by atoms with Crippen LogP contribution in [0.3, 0.4) is 0 Å². The minimum atomic E-state index is -0.793. The van der Waals surface area contributed by atoms with E-state index >= 15 is 0 Å². The fraction of sp³-hybridized carbons (Fsp3) is 0.600. The molecule has 0 aliphatic carbocycles. The molecule has 4 heteroatoms. The first kappa shape index (κ1) is 15.8. The van der Waals surface area contributed by atoms with Crippen molar-refractivity contribution in [2.24, 2.45) is 5.73 Å². The molecule has 0 saturated carbocycles. The second kappa shape index (κ2) is 6.78. The van der Waals surface area contributed by atoms with E-state index in [2.05, 4.69) is 0 Å². The Morgan fingerprint density at radius 3 is 2.42 bits per heavy atom. The van der Waals surface area contributed by atoms with E-state index in [1.54, 1.807) is 7.11 Å². The molecule has 0 unspecified atom stereocenters. The lowest BCUT2D eigenvalue weighted by Crippen LogP contribution is -2.34. The quantitative estimate of drug-likeness (QED) is 0.797. The fourth-order valence-corrected chi connectivity index (χ4v) is 1.81. The smallest absolute Gasteiger partial charge is 0.127 e. The second-order valence-corrected chi connectivity index (χ2v) is 4.91. The molecule has 0 radical (unpaired) electrons. The molecule has 0 heterocycles. The van der Waals surface area contributed by atoms with Crippen molar-refractivity contribution in [3.8, 4) is 11.5 Å². The molecule has 3 N–H and O–H groups in total. The summed E-state index contributed by atoms with van der Waals surface area (Å²) in [7, 11) is 1.61. The molecule has 1 aromatic rings. The molecule has 0 fully saturated rings. The van der Waals surface area contributed by atoms with Crippen LogP contribution >= 0.6 is 0 Å². The number of benzene rings is 1. The summed E-state index contributed by atoms with van der Waals surface area (Å²) >= 11 is 0. The molecule has 0 bridgehead atoms. The number of rotatable bonds is 7. The van der Waals surface area contributed by atoms with Crippen LogP contribution in [-0.2, 0) is 0 Å². The molecule has 0 aliphatic heterocycles. The number of methoxy groups -OCH3 is 1. The molecule has 0 aromatic heterocycles. The summed E-state index contributed by atoms with van der Waals surface area (Å²) in [5.41, 5.74) is 6.05. The van der Waals surface area contributed by atoms with Crippen LogP contribution in [-0.4, -0.2) is 24.4 Å². The Hall–Kier alpha value is -1.26. The largest absolute Gasteiger partial charge is 0.497 e. The van der Waals surface area contributed by atoms with E-state index < -0.39 is 5.60 Å². The predicted octanol–water partition coefficient (Wildman–Crippen LogP) is 2.64. The van der Waals surface area contributed by atoms with Gasteiger partial charge in [-0.05, 0) is 25.8 Å². The van der Waals surface area contributed by atoms with Crippen molar-refractivity contribution in [3.63, 3.8) is 0 Å². The van der Waals surface area contributed by atoms with E-state index in [4.69, 9.17) is 15.2 Å². The van der Waals surface area contributed by atoms with Crippen molar-refractivity contribution in [1.29, 1.82) is 0 Å². The first-order valence-corrected chi connectivity index (χ1v) is 6.74. The van der Waals surface area contributed by atoms with Gasteiger partial charge in [0.1, 0.15) is 18.1 Å². The summed E-state index contributed by atoms with van der Waals surface area (Å²) in [5, 5.41) is 10.3. The Kier molecular flexibility index (Phi) is 5.63. The van der Waals surface area contributed by atoms with Crippen LogP contribution in [0.5, 0.6) is 11.5 Å². The zero-order valence-corrected chi connectivity index (χ0v) is 12.3. The monoisotopic (exact) mass is 267 g/mol. The van der Waals surface area contributed by atoms with Crippen LogP contribution < -0.4 is 15.2 Å². The average molecular weight is 267 g/mol. The number of nitrogens with two attached hydrogens (primary N) is 1. The zero-order chi connectivity index (χ0) is 14.5. The average Bonchev–Trinajstić information content (AvgIpc) is 2.44. The van der Waals surface area contributed by atoms with Gasteiger partial charge in [0.2, 0.25) is 0 Å². The van der Waals surface area contributed by atoms with Gasteiger partial charge in [-0.2, -0.15) is 0 Å². The van der Waals surface area contributed by atoms with Gasteiger partial charge < -0.3 is 20.3 Å². The van der Waals surface area contributed by atoms with Gasteiger partial charge in [-0.3, -0.25) is 0 Å². The minimum absolute atomic E-state index is 0.128. The van der Waals surface area contributed by atoms with Crippen molar-refractivity contribution in [2.45, 2.75) is 45.3 Å². The highest BCUT2D eigenvalue weighted by Crippen LogP contribution is 2.29. The predicted molar refractivity (Wildman–Crippen MR) is 76.6 cm³/mol. The van der Waals surface area contributed by atoms with Crippen LogP contribution in [0.1, 0.15) is 45.2 Å². The van der Waals surface area contributed by atoms with Gasteiger partial charge in [0.05, 0.1) is 12.7 Å². The number of hydrogen-bond acceptors (Lipinski definition) is 4. The van der Waals surface area contributed by atoms with Crippen LogP contribution in [0.15, 0.2) is 18.2 Å². The molecule has 0 aliphatic rings. The molecule has 19 heavy (non-hydrogen) atoms. The third-order valence-corrected chi connectivity index (χ3v) is 3.52. The topological polar surface area (TPSA) is 64.7 Å². The van der Waals surface area contributed by atoms with Gasteiger partial charge in [0.15, 0.2) is 0 Å². The molecule has 4 nitrogen and oxygen atoms in total. The molecule has 0 spiro atoms. The van der Waals surface area contributed by atoms with E-state index in [1.807, 2.05) is 39.0 Å². The maximum absolute atomic E-state index is 10.3. The third kappa shape index (κ3) is 4.11. The molecule has 1 rings (SSSR count). The first-order chi connectivity index (χ1) is 8.95. The van der Waals surface area contributed by atoms with Gasteiger partial charge in [0.25, 0.3) is 0 Å². The van der Waals surface area contributed by atoms with E-state index in [1.165, 1.54) is 0 Å². The first-order valence-electron chi connectivity index (χ1n) is 6.74. The Bertz CT molecular complexity index is 400. The van der Waals surface area contributed by atoms with Gasteiger partial charge in [0, 0.05) is 17.7 Å². The number of aliphatic hydroxyl groups is 1. The summed E-state index contributed by atoms with van der Waals surface area (Å²) in [4.78, 5) is 0. The highest BCUT2D eigenvalue weighted by Gasteiger charge is 2.24. The second-order valence-electron chi connectivity index (χ2n) is 4.91. The Labute approximate surface area is 115 Å². The lowest BCUT2D eigenvalue weighted by atomic mass is 9.99. The summed E-state index contributed by atoms with van der Waals surface area (Å²) in [5.74, 6) is 1.39. The van der Waals surface area contributed by atoms with Crippen molar-refractivity contribution in [3.05, 3.63) is 23.8 Å². The van der Waals surface area contributed by atoms with Gasteiger partial charge in [-0.1, -0.05) is 19.9 Å². The van der Waals surface area contributed by atoms with E-state index in [0.717, 1.165) is 11.3 Å². The lowest BCUT2D eigenvalue weighted by molar-refractivity contribution is -0.0117. The molecule has 1 atom stereocenters. The van der Waals surface area contributed by atoms with E-state index in [0.29, 0.717) is 18.6 Å². The highest BCUT2D eigenvalue weighted by molar-refractivity contribution is 5.42. The molecule has 0 amide bonds. The lowest BCUT2D eigenvalue weighted by Gasteiger charge is -2.26.